The number of hydrogen-bond acceptors (Lipinski definition) is 2. The van der Waals surface area contributed by atoms with Crippen molar-refractivity contribution in [1.29, 1.82) is 0 Å². The molecule has 0 fully saturated rings. The van der Waals surface area contributed by atoms with Gasteiger partial charge < -0.3 is 4.42 Å². The van der Waals surface area contributed by atoms with Crippen LogP contribution in [0.25, 0.3) is 11.3 Å². The van der Waals surface area contributed by atoms with E-state index in [0.29, 0.717) is 5.69 Å². The Bertz CT molecular complexity index is 484. The molecule has 1 aromatic carbocycles. The second-order valence-corrected chi connectivity index (χ2v) is 3.13. The summed E-state index contributed by atoms with van der Waals surface area (Å²) in [6, 6.07) is 3.85. The zero-order chi connectivity index (χ0) is 10.8. The maximum atomic E-state index is 13.4. The Balaban J connectivity index is 2.59. The average Bonchev–Trinajstić information content (AvgIpc) is 2.70. The summed E-state index contributed by atoms with van der Waals surface area (Å²) in [6.45, 7) is 0. The molecular formula is C10H6ClF2NO. The molecule has 0 radical (unpaired) electrons. The van der Waals surface area contributed by atoms with Gasteiger partial charge in [-0.15, -0.1) is 11.6 Å². The molecular weight excluding hydrogens is 224 g/mol. The number of hydrogen-bond donors (Lipinski definition) is 0. The molecule has 0 unspecified atom stereocenters. The first-order valence-electron chi connectivity index (χ1n) is 4.16. The van der Waals surface area contributed by atoms with Gasteiger partial charge in [0, 0.05) is 0 Å². The number of aromatic nitrogens is 1. The van der Waals surface area contributed by atoms with Gasteiger partial charge in [0.15, 0.2) is 23.8 Å². The van der Waals surface area contributed by atoms with E-state index in [-0.39, 0.29) is 17.2 Å². The topological polar surface area (TPSA) is 26.0 Å². The van der Waals surface area contributed by atoms with Crippen LogP contribution in [0, 0.1) is 11.6 Å². The van der Waals surface area contributed by atoms with Gasteiger partial charge in [0.2, 0.25) is 0 Å². The molecule has 0 saturated heterocycles. The number of rotatable bonds is 2. The summed E-state index contributed by atoms with van der Waals surface area (Å²) in [5.41, 5.74) is 0.421. The van der Waals surface area contributed by atoms with Gasteiger partial charge in [-0.2, -0.15) is 0 Å². The van der Waals surface area contributed by atoms with Crippen molar-refractivity contribution < 1.29 is 13.2 Å². The van der Waals surface area contributed by atoms with Gasteiger partial charge in [0.1, 0.15) is 5.69 Å². The van der Waals surface area contributed by atoms with Gasteiger partial charge in [-0.3, -0.25) is 0 Å². The first-order chi connectivity index (χ1) is 7.24. The molecule has 2 aromatic rings. The number of benzene rings is 1. The van der Waals surface area contributed by atoms with E-state index in [1.807, 2.05) is 0 Å². The van der Waals surface area contributed by atoms with Crippen molar-refractivity contribution >= 4 is 11.6 Å². The summed E-state index contributed by atoms with van der Waals surface area (Å²) in [6.07, 6.45) is 1.15. The molecule has 1 heterocycles. The lowest BCUT2D eigenvalue weighted by Crippen LogP contribution is -1.90. The Morgan fingerprint density at radius 3 is 2.87 bits per heavy atom. The minimum Gasteiger partial charge on any atom is -0.443 e. The lowest BCUT2D eigenvalue weighted by Gasteiger charge is -2.01. The summed E-state index contributed by atoms with van der Waals surface area (Å²) in [5, 5.41) is 0. The molecule has 1 aromatic heterocycles. The van der Waals surface area contributed by atoms with Crippen LogP contribution in [0.2, 0.25) is 0 Å². The molecule has 0 aliphatic carbocycles. The Morgan fingerprint density at radius 2 is 2.13 bits per heavy atom. The van der Waals surface area contributed by atoms with E-state index in [4.69, 9.17) is 16.0 Å². The maximum absolute atomic E-state index is 13.4. The summed E-state index contributed by atoms with van der Waals surface area (Å²) in [5.74, 6) is -1.63. The van der Waals surface area contributed by atoms with E-state index in [2.05, 4.69) is 4.98 Å². The lowest BCUT2D eigenvalue weighted by atomic mass is 10.1. The molecule has 0 amide bonds. The van der Waals surface area contributed by atoms with E-state index in [1.54, 1.807) is 0 Å². The summed E-state index contributed by atoms with van der Waals surface area (Å²) >= 11 is 5.58. The van der Waals surface area contributed by atoms with Crippen LogP contribution in [0.15, 0.2) is 29.0 Å². The highest BCUT2D eigenvalue weighted by Gasteiger charge is 2.16. The van der Waals surface area contributed by atoms with Crippen LogP contribution in [-0.4, -0.2) is 4.98 Å². The van der Waals surface area contributed by atoms with Crippen molar-refractivity contribution in [2.24, 2.45) is 0 Å². The quantitative estimate of drug-likeness (QED) is 0.738. The second-order valence-electron chi connectivity index (χ2n) is 2.86. The van der Waals surface area contributed by atoms with E-state index >= 15 is 0 Å². The molecule has 2 nitrogen and oxygen atoms in total. The summed E-state index contributed by atoms with van der Waals surface area (Å²) < 4.78 is 31.3. The maximum Gasteiger partial charge on any atom is 0.181 e. The van der Waals surface area contributed by atoms with Gasteiger partial charge in [0.25, 0.3) is 0 Å². The first kappa shape index (κ1) is 10.1. The van der Waals surface area contributed by atoms with E-state index in [0.717, 1.165) is 12.5 Å². The van der Waals surface area contributed by atoms with Gasteiger partial charge in [-0.1, -0.05) is 6.07 Å². The number of oxazole rings is 1. The third-order valence-electron chi connectivity index (χ3n) is 1.96. The van der Waals surface area contributed by atoms with Crippen molar-refractivity contribution in [3.8, 4) is 11.3 Å². The number of halogens is 3. The fourth-order valence-corrected chi connectivity index (χ4v) is 1.45. The van der Waals surface area contributed by atoms with E-state index < -0.39 is 11.6 Å². The second kappa shape index (κ2) is 3.98. The van der Waals surface area contributed by atoms with Crippen LogP contribution in [-0.2, 0) is 5.88 Å². The van der Waals surface area contributed by atoms with Gasteiger partial charge >= 0.3 is 0 Å². The normalized spacial score (nSPS) is 10.6. The standard InChI is InChI=1S/C10H6ClF2NO/c11-4-8-10(15-5-14-8)6-2-1-3-7(12)9(6)13/h1-3,5H,4H2. The lowest BCUT2D eigenvalue weighted by molar-refractivity contribution is 0.503. The molecule has 0 aliphatic rings. The third-order valence-corrected chi connectivity index (χ3v) is 2.22. The highest BCUT2D eigenvalue weighted by atomic mass is 35.5. The zero-order valence-corrected chi connectivity index (χ0v) is 8.26. The van der Waals surface area contributed by atoms with Gasteiger partial charge in [0.05, 0.1) is 11.4 Å². The number of alkyl halides is 1. The molecule has 0 saturated carbocycles. The first-order valence-corrected chi connectivity index (χ1v) is 4.70. The van der Waals surface area contributed by atoms with Gasteiger partial charge in [-0.05, 0) is 12.1 Å². The van der Waals surface area contributed by atoms with Crippen LogP contribution >= 0.6 is 11.6 Å². The highest BCUT2D eigenvalue weighted by Crippen LogP contribution is 2.27. The molecule has 78 valence electrons. The molecule has 0 bridgehead atoms. The predicted octanol–water partition coefficient (Wildman–Crippen LogP) is 3.36. The Hall–Kier alpha value is -1.42. The van der Waals surface area contributed by atoms with Crippen LogP contribution in [0.5, 0.6) is 0 Å². The molecule has 0 spiro atoms. The minimum absolute atomic E-state index is 0.0307. The zero-order valence-electron chi connectivity index (χ0n) is 7.51. The van der Waals surface area contributed by atoms with Crippen LogP contribution in [0.3, 0.4) is 0 Å². The fourth-order valence-electron chi connectivity index (χ4n) is 1.26. The summed E-state index contributed by atoms with van der Waals surface area (Å²) in [7, 11) is 0. The van der Waals surface area contributed by atoms with Gasteiger partial charge in [-0.25, -0.2) is 13.8 Å². The SMILES string of the molecule is Fc1cccc(-c2ocnc2CCl)c1F. The van der Waals surface area contributed by atoms with Crippen molar-refractivity contribution in [3.05, 3.63) is 41.9 Å². The van der Waals surface area contributed by atoms with Crippen LogP contribution < -0.4 is 0 Å². The minimum atomic E-state index is -0.958. The van der Waals surface area contributed by atoms with Crippen LogP contribution in [0.1, 0.15) is 5.69 Å². The predicted molar refractivity (Wildman–Crippen MR) is 51.4 cm³/mol. The molecule has 2 rings (SSSR count). The van der Waals surface area contributed by atoms with E-state index in [1.165, 1.54) is 12.1 Å². The molecule has 15 heavy (non-hydrogen) atoms. The molecule has 0 aliphatic heterocycles. The van der Waals surface area contributed by atoms with Crippen molar-refractivity contribution in [1.82, 2.24) is 4.98 Å². The smallest absolute Gasteiger partial charge is 0.181 e. The highest BCUT2D eigenvalue weighted by molar-refractivity contribution is 6.17. The third kappa shape index (κ3) is 1.72. The average molecular weight is 230 g/mol. The Morgan fingerprint density at radius 1 is 1.33 bits per heavy atom. The largest absolute Gasteiger partial charge is 0.443 e. The molecule has 0 N–H and O–H groups in total. The molecule has 0 atom stereocenters. The van der Waals surface area contributed by atoms with Crippen molar-refractivity contribution in [2.45, 2.75) is 5.88 Å². The van der Waals surface area contributed by atoms with Crippen molar-refractivity contribution in [3.63, 3.8) is 0 Å². The Labute approximate surface area is 89.5 Å². The van der Waals surface area contributed by atoms with Crippen LogP contribution in [0.4, 0.5) is 8.78 Å². The van der Waals surface area contributed by atoms with Crippen molar-refractivity contribution in [2.75, 3.05) is 0 Å². The monoisotopic (exact) mass is 229 g/mol. The van der Waals surface area contributed by atoms with E-state index in [9.17, 15) is 8.78 Å². The molecule has 5 heteroatoms. The number of nitrogens with zero attached hydrogens (tertiary/aromatic N) is 1. The Kier molecular flexibility index (Phi) is 2.68. The summed E-state index contributed by atoms with van der Waals surface area (Å²) in [4.78, 5) is 3.79. The fraction of sp³-hybridized carbons (Fsp3) is 0.100.